The number of rotatable bonds is 7. The van der Waals surface area contributed by atoms with E-state index in [1.54, 1.807) is 13.2 Å². The van der Waals surface area contributed by atoms with Crippen molar-refractivity contribution in [3.63, 3.8) is 0 Å². The summed E-state index contributed by atoms with van der Waals surface area (Å²) in [7, 11) is 1.62. The van der Waals surface area contributed by atoms with E-state index in [1.165, 1.54) is 0 Å². The zero-order valence-corrected chi connectivity index (χ0v) is 13.0. The Kier molecular flexibility index (Phi) is 6.94. The molecule has 0 radical (unpaired) electrons. The van der Waals surface area contributed by atoms with Crippen molar-refractivity contribution in [2.45, 2.75) is 25.7 Å². The third-order valence-corrected chi connectivity index (χ3v) is 3.96. The van der Waals surface area contributed by atoms with E-state index < -0.39 is 0 Å². The summed E-state index contributed by atoms with van der Waals surface area (Å²) in [6.07, 6.45) is 1.88. The van der Waals surface area contributed by atoms with Crippen LogP contribution in [0.5, 0.6) is 5.75 Å². The quantitative estimate of drug-likeness (QED) is 0.811. The van der Waals surface area contributed by atoms with E-state index in [0.29, 0.717) is 40.7 Å². The molecule has 0 spiro atoms. The van der Waals surface area contributed by atoms with Gasteiger partial charge in [-0.1, -0.05) is 30.1 Å². The lowest BCUT2D eigenvalue weighted by atomic mass is 9.86. The van der Waals surface area contributed by atoms with Gasteiger partial charge in [-0.05, 0) is 49.9 Å². The normalized spacial score (nSPS) is 12.8. The van der Waals surface area contributed by atoms with Gasteiger partial charge in [0.05, 0.1) is 12.1 Å². The molecule has 0 fully saturated rings. The van der Waals surface area contributed by atoms with Crippen LogP contribution < -0.4 is 16.2 Å². The Morgan fingerprint density at radius 3 is 2.32 bits per heavy atom. The summed E-state index contributed by atoms with van der Waals surface area (Å²) in [5, 5.41) is 1.16. The van der Waals surface area contributed by atoms with Crippen LogP contribution in [0.1, 0.15) is 31.2 Å². The predicted molar refractivity (Wildman–Crippen MR) is 82.3 cm³/mol. The minimum Gasteiger partial charge on any atom is -0.495 e. The molecule has 108 valence electrons. The van der Waals surface area contributed by atoms with Gasteiger partial charge in [-0.25, -0.2) is 0 Å². The van der Waals surface area contributed by atoms with Gasteiger partial charge in [0.2, 0.25) is 0 Å². The number of halogens is 2. The second kappa shape index (κ2) is 7.95. The van der Waals surface area contributed by atoms with Crippen LogP contribution in [0.3, 0.4) is 0 Å². The van der Waals surface area contributed by atoms with Gasteiger partial charge < -0.3 is 16.2 Å². The smallest absolute Gasteiger partial charge is 0.141 e. The molecule has 0 bridgehead atoms. The first-order chi connectivity index (χ1) is 9.07. The van der Waals surface area contributed by atoms with Crippen molar-refractivity contribution in [1.29, 1.82) is 0 Å². The number of nitrogens with two attached hydrogens (primary N) is 2. The topological polar surface area (TPSA) is 61.3 Å². The van der Waals surface area contributed by atoms with E-state index in [9.17, 15) is 0 Å². The Morgan fingerprint density at radius 2 is 1.84 bits per heavy atom. The molecule has 1 aromatic rings. The summed E-state index contributed by atoms with van der Waals surface area (Å²) in [5.41, 5.74) is 12.5. The molecule has 5 heteroatoms. The average Bonchev–Trinajstić information content (AvgIpc) is 2.39. The van der Waals surface area contributed by atoms with E-state index in [-0.39, 0.29) is 0 Å². The van der Waals surface area contributed by atoms with Gasteiger partial charge in [0.15, 0.2) is 0 Å². The summed E-state index contributed by atoms with van der Waals surface area (Å²) in [5.74, 6) is 1.29. The van der Waals surface area contributed by atoms with Gasteiger partial charge in [0.25, 0.3) is 0 Å². The lowest BCUT2D eigenvalue weighted by Crippen LogP contribution is -2.25. The minimum atomic E-state index is 0.295. The fraction of sp³-hybridized carbons (Fsp3) is 0.571. The Labute approximate surface area is 125 Å². The maximum Gasteiger partial charge on any atom is 0.141 e. The highest BCUT2D eigenvalue weighted by Crippen LogP contribution is 2.39. The molecule has 0 aliphatic heterocycles. The molecule has 1 rings (SSSR count). The van der Waals surface area contributed by atoms with Crippen molar-refractivity contribution in [3.05, 3.63) is 27.7 Å². The van der Waals surface area contributed by atoms with Crippen LogP contribution in [0.25, 0.3) is 0 Å². The van der Waals surface area contributed by atoms with Crippen LogP contribution >= 0.6 is 23.2 Å². The number of ether oxygens (including phenoxy) is 1. The van der Waals surface area contributed by atoms with Crippen LogP contribution in [-0.4, -0.2) is 20.2 Å². The zero-order valence-electron chi connectivity index (χ0n) is 11.5. The largest absolute Gasteiger partial charge is 0.495 e. The van der Waals surface area contributed by atoms with Crippen LogP contribution in [-0.2, 0) is 0 Å². The number of methoxy groups -OCH3 is 1. The predicted octanol–water partition coefficient (Wildman–Crippen LogP) is 3.42. The Balaban J connectivity index is 3.09. The first kappa shape index (κ1) is 16.6. The fourth-order valence-electron chi connectivity index (χ4n) is 2.30. The maximum atomic E-state index is 6.18. The molecular weight excluding hydrogens is 283 g/mol. The van der Waals surface area contributed by atoms with Crippen LogP contribution in [0.15, 0.2) is 12.1 Å². The molecule has 1 aromatic carbocycles. The first-order valence-electron chi connectivity index (χ1n) is 6.50. The zero-order chi connectivity index (χ0) is 14.4. The highest BCUT2D eigenvalue weighted by atomic mass is 35.5. The van der Waals surface area contributed by atoms with Crippen molar-refractivity contribution in [2.75, 3.05) is 20.2 Å². The van der Waals surface area contributed by atoms with Gasteiger partial charge in [-0.15, -0.1) is 0 Å². The van der Waals surface area contributed by atoms with Crippen molar-refractivity contribution in [2.24, 2.45) is 17.4 Å². The van der Waals surface area contributed by atoms with Crippen LogP contribution in [0.2, 0.25) is 10.0 Å². The highest BCUT2D eigenvalue weighted by molar-refractivity contribution is 6.35. The highest BCUT2D eigenvalue weighted by Gasteiger charge is 2.21. The lowest BCUT2D eigenvalue weighted by molar-refractivity contribution is 0.390. The molecule has 19 heavy (non-hydrogen) atoms. The standard InChI is InChI=1S/C14H22Cl2N2O/c1-3-10(4-9(7-17)8-18)12-5-11(15)6-13(16)14(12)19-2/h5-6,9-10H,3-4,7-8,17-18H2,1-2H3. The maximum absolute atomic E-state index is 6.18. The van der Waals surface area contributed by atoms with Crippen molar-refractivity contribution in [3.8, 4) is 5.75 Å². The van der Waals surface area contributed by atoms with E-state index >= 15 is 0 Å². The number of hydrogen-bond acceptors (Lipinski definition) is 3. The second-order valence-corrected chi connectivity index (χ2v) is 5.53. The average molecular weight is 305 g/mol. The minimum absolute atomic E-state index is 0.295. The van der Waals surface area contributed by atoms with E-state index in [1.807, 2.05) is 6.07 Å². The summed E-state index contributed by atoms with van der Waals surface area (Å²) < 4.78 is 5.41. The van der Waals surface area contributed by atoms with Crippen molar-refractivity contribution in [1.82, 2.24) is 0 Å². The van der Waals surface area contributed by atoms with Gasteiger partial charge in [-0.3, -0.25) is 0 Å². The van der Waals surface area contributed by atoms with E-state index in [4.69, 9.17) is 39.4 Å². The van der Waals surface area contributed by atoms with Crippen molar-refractivity contribution >= 4 is 23.2 Å². The van der Waals surface area contributed by atoms with Gasteiger partial charge in [-0.2, -0.15) is 0 Å². The second-order valence-electron chi connectivity index (χ2n) is 4.69. The molecule has 3 nitrogen and oxygen atoms in total. The molecule has 0 aliphatic rings. The Hall–Kier alpha value is -0.480. The molecule has 1 unspecified atom stereocenters. The van der Waals surface area contributed by atoms with Gasteiger partial charge >= 0.3 is 0 Å². The molecule has 0 aromatic heterocycles. The summed E-state index contributed by atoms with van der Waals surface area (Å²) in [4.78, 5) is 0. The molecule has 4 N–H and O–H groups in total. The third-order valence-electron chi connectivity index (χ3n) is 3.46. The van der Waals surface area contributed by atoms with Gasteiger partial charge in [0, 0.05) is 10.6 Å². The Bertz CT molecular complexity index is 409. The Morgan fingerprint density at radius 1 is 1.21 bits per heavy atom. The summed E-state index contributed by atoms with van der Waals surface area (Å²) >= 11 is 12.3. The first-order valence-corrected chi connectivity index (χ1v) is 7.25. The fourth-order valence-corrected chi connectivity index (χ4v) is 2.89. The van der Waals surface area contributed by atoms with E-state index in [2.05, 4.69) is 6.92 Å². The van der Waals surface area contributed by atoms with Crippen molar-refractivity contribution < 1.29 is 4.74 Å². The molecule has 0 amide bonds. The van der Waals surface area contributed by atoms with E-state index in [0.717, 1.165) is 18.4 Å². The molecular formula is C14H22Cl2N2O. The molecule has 0 heterocycles. The summed E-state index contributed by atoms with van der Waals surface area (Å²) in [6.45, 7) is 3.30. The van der Waals surface area contributed by atoms with Crippen LogP contribution in [0.4, 0.5) is 0 Å². The number of hydrogen-bond donors (Lipinski definition) is 2. The third kappa shape index (κ3) is 4.25. The molecule has 0 saturated heterocycles. The van der Waals surface area contributed by atoms with Crippen LogP contribution in [0, 0.1) is 5.92 Å². The SMILES string of the molecule is CCC(CC(CN)CN)c1cc(Cl)cc(Cl)c1OC. The summed E-state index contributed by atoms with van der Waals surface area (Å²) in [6, 6.07) is 3.62. The molecule has 0 aliphatic carbocycles. The number of benzene rings is 1. The molecule has 1 atom stereocenters. The monoisotopic (exact) mass is 304 g/mol. The van der Waals surface area contributed by atoms with Gasteiger partial charge in [0.1, 0.15) is 5.75 Å². The molecule has 0 saturated carbocycles. The lowest BCUT2D eigenvalue weighted by Gasteiger charge is -2.23.